The van der Waals surface area contributed by atoms with Gasteiger partial charge in [0.2, 0.25) is 0 Å². The number of benzene rings is 2. The number of carboxylic acid groups (broad SMARTS) is 1. The number of nitrogens with one attached hydrogen (secondary N) is 1. The Hall–Kier alpha value is -3.05. The molecule has 3 aromatic rings. The average molecular weight is 392 g/mol. The molecule has 0 aliphatic rings. The van der Waals surface area contributed by atoms with Crippen LogP contribution >= 0.6 is 0 Å². The van der Waals surface area contributed by atoms with Gasteiger partial charge in [-0.1, -0.05) is 48.0 Å². The van der Waals surface area contributed by atoms with Crippen LogP contribution in [0.15, 0.2) is 48.5 Å². The van der Waals surface area contributed by atoms with Gasteiger partial charge in [0.25, 0.3) is 0 Å². The van der Waals surface area contributed by atoms with E-state index < -0.39 is 5.97 Å². The fraction of sp³-hybridized carbons (Fsp3) is 0.292. The quantitative estimate of drug-likeness (QED) is 0.594. The number of rotatable bonds is 8. The molecule has 0 saturated heterocycles. The number of ether oxygens (including phenoxy) is 1. The highest BCUT2D eigenvalue weighted by molar-refractivity contribution is 5.91. The minimum atomic E-state index is -0.886. The van der Waals surface area contributed by atoms with E-state index in [1.165, 1.54) is 5.56 Å². The molecule has 0 unspecified atom stereocenters. The Balaban J connectivity index is 1.85. The second-order valence-corrected chi connectivity index (χ2v) is 7.32. The molecule has 152 valence electrons. The van der Waals surface area contributed by atoms with Gasteiger partial charge in [0.05, 0.1) is 12.7 Å². The SMILES string of the molecule is COc1ccccc1CNCc1c(C(=O)O)c(C)n(Cc2cccc(C)c2)c1C. The highest BCUT2D eigenvalue weighted by atomic mass is 16.5. The van der Waals surface area contributed by atoms with Crippen LogP contribution in [-0.2, 0) is 19.6 Å². The molecule has 29 heavy (non-hydrogen) atoms. The van der Waals surface area contributed by atoms with Crippen molar-refractivity contribution < 1.29 is 14.6 Å². The minimum absolute atomic E-state index is 0.391. The number of aryl methyl sites for hydroxylation is 1. The molecule has 0 spiro atoms. The summed E-state index contributed by atoms with van der Waals surface area (Å²) in [6, 6.07) is 16.1. The first-order valence-corrected chi connectivity index (χ1v) is 9.72. The molecule has 0 aliphatic carbocycles. The molecular formula is C24H28N2O3. The molecule has 0 saturated carbocycles. The van der Waals surface area contributed by atoms with Crippen molar-refractivity contribution in [2.45, 2.75) is 40.4 Å². The van der Waals surface area contributed by atoms with Crippen molar-refractivity contribution >= 4 is 5.97 Å². The average Bonchev–Trinajstić information content (AvgIpc) is 2.93. The van der Waals surface area contributed by atoms with Gasteiger partial charge in [-0.2, -0.15) is 0 Å². The van der Waals surface area contributed by atoms with Crippen molar-refractivity contribution in [1.29, 1.82) is 0 Å². The molecule has 1 heterocycles. The highest BCUT2D eigenvalue weighted by Crippen LogP contribution is 2.25. The minimum Gasteiger partial charge on any atom is -0.496 e. The Labute approximate surface area is 172 Å². The van der Waals surface area contributed by atoms with Gasteiger partial charge in [-0.15, -0.1) is 0 Å². The lowest BCUT2D eigenvalue weighted by Crippen LogP contribution is -2.16. The largest absolute Gasteiger partial charge is 0.496 e. The van der Waals surface area contributed by atoms with Gasteiger partial charge in [0.1, 0.15) is 5.75 Å². The van der Waals surface area contributed by atoms with Crippen LogP contribution in [0.5, 0.6) is 5.75 Å². The number of carbonyl (C=O) groups is 1. The maximum Gasteiger partial charge on any atom is 0.337 e. The Morgan fingerprint density at radius 1 is 1.03 bits per heavy atom. The van der Waals surface area contributed by atoms with Crippen molar-refractivity contribution in [2.75, 3.05) is 7.11 Å². The Morgan fingerprint density at radius 3 is 2.48 bits per heavy atom. The normalized spacial score (nSPS) is 10.9. The summed E-state index contributed by atoms with van der Waals surface area (Å²) in [5.74, 6) is -0.0638. The molecule has 0 amide bonds. The zero-order valence-electron chi connectivity index (χ0n) is 17.5. The molecule has 2 N–H and O–H groups in total. The maximum atomic E-state index is 12.0. The molecule has 5 heteroatoms. The third-order valence-electron chi connectivity index (χ3n) is 5.36. The maximum absolute atomic E-state index is 12.0. The lowest BCUT2D eigenvalue weighted by molar-refractivity contribution is 0.0694. The van der Waals surface area contributed by atoms with Crippen LogP contribution in [0.25, 0.3) is 0 Å². The molecule has 0 bridgehead atoms. The fourth-order valence-electron chi connectivity index (χ4n) is 3.85. The van der Waals surface area contributed by atoms with E-state index in [4.69, 9.17) is 4.74 Å². The third-order valence-corrected chi connectivity index (χ3v) is 5.36. The topological polar surface area (TPSA) is 63.5 Å². The van der Waals surface area contributed by atoms with E-state index >= 15 is 0 Å². The highest BCUT2D eigenvalue weighted by Gasteiger charge is 2.22. The van der Waals surface area contributed by atoms with Gasteiger partial charge in [-0.05, 0) is 32.4 Å². The molecule has 1 aromatic heterocycles. The summed E-state index contributed by atoms with van der Waals surface area (Å²) in [5.41, 5.74) is 6.39. The molecular weight excluding hydrogens is 364 g/mol. The van der Waals surface area contributed by atoms with Gasteiger partial charge in [0, 0.05) is 42.1 Å². The van der Waals surface area contributed by atoms with Crippen molar-refractivity contribution in [3.05, 3.63) is 87.7 Å². The molecule has 3 rings (SSSR count). The molecule has 5 nitrogen and oxygen atoms in total. The molecule has 0 radical (unpaired) electrons. The second-order valence-electron chi connectivity index (χ2n) is 7.32. The van der Waals surface area contributed by atoms with Crippen LogP contribution in [0.3, 0.4) is 0 Å². The van der Waals surface area contributed by atoms with E-state index in [0.717, 1.165) is 33.8 Å². The van der Waals surface area contributed by atoms with Crippen LogP contribution < -0.4 is 10.1 Å². The number of hydrogen-bond donors (Lipinski definition) is 2. The lowest BCUT2D eigenvalue weighted by Gasteiger charge is -2.12. The smallest absolute Gasteiger partial charge is 0.337 e. The van der Waals surface area contributed by atoms with Crippen LogP contribution in [-0.4, -0.2) is 22.8 Å². The first kappa shape index (κ1) is 20.7. The number of aromatic nitrogens is 1. The predicted molar refractivity (Wildman–Crippen MR) is 115 cm³/mol. The standard InChI is InChI=1S/C24H28N2O3/c1-16-8-7-9-19(12-16)15-26-17(2)21(23(18(26)3)24(27)28)14-25-13-20-10-5-6-11-22(20)29-4/h5-12,25H,13-15H2,1-4H3,(H,27,28). The summed E-state index contributed by atoms with van der Waals surface area (Å²) < 4.78 is 7.49. The van der Waals surface area contributed by atoms with Crippen molar-refractivity contribution in [1.82, 2.24) is 9.88 Å². The van der Waals surface area contributed by atoms with Gasteiger partial charge < -0.3 is 19.7 Å². The van der Waals surface area contributed by atoms with E-state index in [9.17, 15) is 9.90 Å². The van der Waals surface area contributed by atoms with Crippen molar-refractivity contribution in [3.8, 4) is 5.75 Å². The van der Waals surface area contributed by atoms with Gasteiger partial charge in [-0.3, -0.25) is 0 Å². The predicted octanol–water partition coefficient (Wildman–Crippen LogP) is 4.46. The van der Waals surface area contributed by atoms with E-state index in [1.54, 1.807) is 7.11 Å². The zero-order valence-corrected chi connectivity index (χ0v) is 17.5. The Bertz CT molecular complexity index is 1020. The monoisotopic (exact) mass is 392 g/mol. The third kappa shape index (κ3) is 4.51. The summed E-state index contributed by atoms with van der Waals surface area (Å²) in [4.78, 5) is 12.0. The number of hydrogen-bond acceptors (Lipinski definition) is 3. The van der Waals surface area contributed by atoms with E-state index in [2.05, 4.69) is 35.0 Å². The van der Waals surface area contributed by atoms with Crippen molar-refractivity contribution in [2.24, 2.45) is 0 Å². The number of methoxy groups -OCH3 is 1. The van der Waals surface area contributed by atoms with E-state index in [-0.39, 0.29) is 0 Å². The lowest BCUT2D eigenvalue weighted by atomic mass is 10.1. The number of carboxylic acids is 1. The molecule has 0 atom stereocenters. The van der Waals surface area contributed by atoms with E-state index in [1.807, 2.05) is 44.2 Å². The number of para-hydroxylation sites is 1. The number of nitrogens with zero attached hydrogens (tertiary/aromatic N) is 1. The Morgan fingerprint density at radius 2 is 1.79 bits per heavy atom. The molecule has 0 aliphatic heterocycles. The summed E-state index contributed by atoms with van der Waals surface area (Å²) in [6.45, 7) is 7.68. The second kappa shape index (κ2) is 8.97. The zero-order chi connectivity index (χ0) is 21.0. The summed E-state index contributed by atoms with van der Waals surface area (Å²) in [5, 5.41) is 13.2. The van der Waals surface area contributed by atoms with Crippen LogP contribution in [0, 0.1) is 20.8 Å². The van der Waals surface area contributed by atoms with Crippen molar-refractivity contribution in [3.63, 3.8) is 0 Å². The fourth-order valence-corrected chi connectivity index (χ4v) is 3.85. The van der Waals surface area contributed by atoms with Crippen LogP contribution in [0.4, 0.5) is 0 Å². The van der Waals surface area contributed by atoms with Gasteiger partial charge in [-0.25, -0.2) is 4.79 Å². The summed E-state index contributed by atoms with van der Waals surface area (Å²) >= 11 is 0. The summed E-state index contributed by atoms with van der Waals surface area (Å²) in [7, 11) is 1.65. The van der Waals surface area contributed by atoms with Crippen LogP contribution in [0.2, 0.25) is 0 Å². The number of aromatic carboxylic acids is 1. The van der Waals surface area contributed by atoms with Gasteiger partial charge in [0.15, 0.2) is 0 Å². The molecule has 0 fully saturated rings. The first-order chi connectivity index (χ1) is 13.9. The molecule has 2 aromatic carbocycles. The van der Waals surface area contributed by atoms with Crippen LogP contribution in [0.1, 0.15) is 44.0 Å². The first-order valence-electron chi connectivity index (χ1n) is 9.72. The summed E-state index contributed by atoms with van der Waals surface area (Å²) in [6.07, 6.45) is 0. The van der Waals surface area contributed by atoms with E-state index in [0.29, 0.717) is 25.2 Å². The van der Waals surface area contributed by atoms with Gasteiger partial charge >= 0.3 is 5.97 Å². The Kier molecular flexibility index (Phi) is 6.39.